The topological polar surface area (TPSA) is 57.2 Å². The standard InChI is InChI=1S/C11H14Br2O5/c1-15-10(16-2)7(12)3-6-4-17-11(9(6,10)13)8(7,14)5-18-11/h6,14H,3-5H2,1-2H3/t6-,7-,8+,9-,11+/m1/s1. The van der Waals surface area contributed by atoms with Gasteiger partial charge in [0.15, 0.2) is 5.60 Å². The van der Waals surface area contributed by atoms with Crippen LogP contribution < -0.4 is 0 Å². The zero-order valence-corrected chi connectivity index (χ0v) is 13.2. The third-order valence-corrected chi connectivity index (χ3v) is 8.51. The second kappa shape index (κ2) is 3.00. The summed E-state index contributed by atoms with van der Waals surface area (Å²) in [6.07, 6.45) is 0.710. The zero-order valence-electron chi connectivity index (χ0n) is 10.0. The van der Waals surface area contributed by atoms with Gasteiger partial charge in [-0.1, -0.05) is 31.9 Å². The molecule has 0 unspecified atom stereocenters. The number of rotatable bonds is 2. The maximum Gasteiger partial charge on any atom is 0.223 e. The fourth-order valence-corrected chi connectivity index (χ4v) is 7.76. The van der Waals surface area contributed by atoms with Crippen molar-refractivity contribution in [2.75, 3.05) is 27.4 Å². The summed E-state index contributed by atoms with van der Waals surface area (Å²) in [6, 6.07) is 0. The van der Waals surface area contributed by atoms with E-state index in [0.717, 1.165) is 0 Å². The Balaban J connectivity index is 2.05. The quantitative estimate of drug-likeness (QED) is 0.562. The molecule has 0 radical (unpaired) electrons. The van der Waals surface area contributed by atoms with E-state index >= 15 is 0 Å². The molecule has 2 aliphatic heterocycles. The van der Waals surface area contributed by atoms with Gasteiger partial charge in [-0.3, -0.25) is 0 Å². The van der Waals surface area contributed by atoms with Crippen molar-refractivity contribution in [3.8, 4) is 0 Å². The van der Waals surface area contributed by atoms with E-state index in [1.165, 1.54) is 0 Å². The van der Waals surface area contributed by atoms with Gasteiger partial charge in [0.25, 0.3) is 0 Å². The summed E-state index contributed by atoms with van der Waals surface area (Å²) in [5.41, 5.74) is -1.15. The second-order valence-electron chi connectivity index (χ2n) is 5.52. The smallest absolute Gasteiger partial charge is 0.223 e. The minimum Gasteiger partial charge on any atom is -0.380 e. The fourth-order valence-electron chi connectivity index (χ4n) is 4.58. The molecule has 2 heterocycles. The second-order valence-corrected chi connectivity index (χ2v) is 8.12. The summed E-state index contributed by atoms with van der Waals surface area (Å²) in [6.45, 7) is 0.738. The van der Waals surface area contributed by atoms with Crippen LogP contribution >= 0.6 is 31.9 Å². The highest BCUT2D eigenvalue weighted by atomic mass is 79.9. The molecule has 5 atom stereocenters. The molecule has 2 saturated carbocycles. The van der Waals surface area contributed by atoms with Crippen molar-refractivity contribution in [2.24, 2.45) is 5.92 Å². The highest BCUT2D eigenvalue weighted by molar-refractivity contribution is 9.11. The van der Waals surface area contributed by atoms with Gasteiger partial charge in [0.1, 0.15) is 8.65 Å². The maximum absolute atomic E-state index is 11.1. The molecule has 102 valence electrons. The van der Waals surface area contributed by atoms with E-state index in [1.807, 2.05) is 0 Å². The van der Waals surface area contributed by atoms with Gasteiger partial charge in [0, 0.05) is 20.1 Å². The van der Waals surface area contributed by atoms with E-state index in [1.54, 1.807) is 14.2 Å². The van der Waals surface area contributed by atoms with Gasteiger partial charge in [0.05, 0.1) is 13.2 Å². The molecule has 1 N–H and O–H groups in total. The number of ether oxygens (including phenoxy) is 4. The lowest BCUT2D eigenvalue weighted by molar-refractivity contribution is -0.395. The Kier molecular flexibility index (Phi) is 2.08. The van der Waals surface area contributed by atoms with E-state index in [0.29, 0.717) is 13.0 Å². The molecular formula is C11H14Br2O5. The summed E-state index contributed by atoms with van der Waals surface area (Å²) in [4.78, 5) is 0. The molecule has 0 aromatic rings. The molecule has 4 aliphatic rings. The summed E-state index contributed by atoms with van der Waals surface area (Å²) >= 11 is 7.46. The molecule has 18 heavy (non-hydrogen) atoms. The lowest BCUT2D eigenvalue weighted by Crippen LogP contribution is -2.77. The molecule has 2 bridgehead atoms. The van der Waals surface area contributed by atoms with Crippen LogP contribution in [-0.2, 0) is 18.9 Å². The van der Waals surface area contributed by atoms with Crippen molar-refractivity contribution in [1.82, 2.24) is 0 Å². The van der Waals surface area contributed by atoms with Crippen molar-refractivity contribution in [1.29, 1.82) is 0 Å². The van der Waals surface area contributed by atoms with Crippen molar-refractivity contribution in [2.45, 2.75) is 32.2 Å². The van der Waals surface area contributed by atoms with Crippen LogP contribution in [0.25, 0.3) is 0 Å². The van der Waals surface area contributed by atoms with Gasteiger partial charge in [-0.15, -0.1) is 0 Å². The molecule has 0 aromatic carbocycles. The third-order valence-electron chi connectivity index (χ3n) is 5.32. The van der Waals surface area contributed by atoms with E-state index in [9.17, 15) is 5.11 Å². The first-order valence-electron chi connectivity index (χ1n) is 5.87. The first-order chi connectivity index (χ1) is 8.39. The maximum atomic E-state index is 11.1. The zero-order chi connectivity index (χ0) is 13.0. The van der Waals surface area contributed by atoms with Crippen LogP contribution in [0.5, 0.6) is 0 Å². The average Bonchev–Trinajstić information content (AvgIpc) is 2.74. The third kappa shape index (κ3) is 0.725. The molecule has 4 fully saturated rings. The van der Waals surface area contributed by atoms with Crippen molar-refractivity contribution < 1.29 is 24.1 Å². The summed E-state index contributed by atoms with van der Waals surface area (Å²) in [5, 5.41) is 11.1. The molecule has 2 aliphatic carbocycles. The largest absolute Gasteiger partial charge is 0.380 e. The number of halogens is 2. The molecule has 0 amide bonds. The summed E-state index contributed by atoms with van der Waals surface area (Å²) in [5.74, 6) is -1.94. The van der Waals surface area contributed by atoms with Crippen LogP contribution in [0.4, 0.5) is 0 Å². The number of alkyl halides is 2. The van der Waals surface area contributed by atoms with Crippen molar-refractivity contribution in [3.63, 3.8) is 0 Å². The van der Waals surface area contributed by atoms with Gasteiger partial charge in [-0.05, 0) is 6.42 Å². The van der Waals surface area contributed by atoms with Gasteiger partial charge in [0.2, 0.25) is 11.6 Å². The Morgan fingerprint density at radius 2 is 1.89 bits per heavy atom. The lowest BCUT2D eigenvalue weighted by Gasteiger charge is -2.57. The van der Waals surface area contributed by atoms with Gasteiger partial charge >= 0.3 is 0 Å². The molecular weight excluding hydrogens is 372 g/mol. The van der Waals surface area contributed by atoms with Gasteiger partial charge in [-0.25, -0.2) is 0 Å². The first kappa shape index (κ1) is 12.5. The Morgan fingerprint density at radius 3 is 2.39 bits per heavy atom. The average molecular weight is 386 g/mol. The number of hydrogen-bond donors (Lipinski definition) is 1. The normalized spacial score (nSPS) is 62.8. The Bertz CT molecular complexity index is 443. The summed E-state index contributed by atoms with van der Waals surface area (Å²) in [7, 11) is 3.18. The SMILES string of the molecule is COC1(OC)[C@]2(Br)[C@H]3CO[C@@]24OC[C@]4(O)[C@]1(Br)C3. The number of hydrogen-bond acceptors (Lipinski definition) is 5. The highest BCUT2D eigenvalue weighted by Gasteiger charge is 3.01. The molecule has 7 heteroatoms. The highest BCUT2D eigenvalue weighted by Crippen LogP contribution is 2.82. The van der Waals surface area contributed by atoms with E-state index < -0.39 is 25.8 Å². The first-order valence-corrected chi connectivity index (χ1v) is 7.46. The van der Waals surface area contributed by atoms with Crippen LogP contribution in [0, 0.1) is 5.92 Å². The van der Waals surface area contributed by atoms with Crippen LogP contribution in [0.2, 0.25) is 0 Å². The van der Waals surface area contributed by atoms with Crippen molar-refractivity contribution >= 4 is 31.9 Å². The Hall–Kier alpha value is 0.760. The molecule has 0 aromatic heterocycles. The predicted octanol–water partition coefficient (Wildman–Crippen LogP) is 0.764. The minimum absolute atomic E-state index is 0.164. The molecule has 4 rings (SSSR count). The molecule has 5 nitrogen and oxygen atoms in total. The van der Waals surface area contributed by atoms with E-state index in [2.05, 4.69) is 31.9 Å². The van der Waals surface area contributed by atoms with E-state index in [-0.39, 0.29) is 12.5 Å². The van der Waals surface area contributed by atoms with Crippen LogP contribution in [0.3, 0.4) is 0 Å². The monoisotopic (exact) mass is 384 g/mol. The Labute approximate surface area is 121 Å². The van der Waals surface area contributed by atoms with Gasteiger partial charge < -0.3 is 24.1 Å². The lowest BCUT2D eigenvalue weighted by atomic mass is 9.73. The van der Waals surface area contributed by atoms with Crippen molar-refractivity contribution in [3.05, 3.63) is 0 Å². The number of fused-ring (bicyclic) bond motifs is 2. The molecule has 2 saturated heterocycles. The van der Waals surface area contributed by atoms with Gasteiger partial charge in [-0.2, -0.15) is 0 Å². The number of aliphatic hydroxyl groups is 1. The van der Waals surface area contributed by atoms with Crippen LogP contribution in [0.15, 0.2) is 0 Å². The van der Waals surface area contributed by atoms with Crippen LogP contribution in [-0.4, -0.2) is 58.4 Å². The fraction of sp³-hybridized carbons (Fsp3) is 1.00. The number of methoxy groups -OCH3 is 2. The predicted molar refractivity (Wildman–Crippen MR) is 67.8 cm³/mol. The Morgan fingerprint density at radius 1 is 1.22 bits per heavy atom. The van der Waals surface area contributed by atoms with E-state index in [4.69, 9.17) is 18.9 Å². The van der Waals surface area contributed by atoms with Crippen LogP contribution in [0.1, 0.15) is 6.42 Å². The minimum atomic E-state index is -1.15. The summed E-state index contributed by atoms with van der Waals surface area (Å²) < 4.78 is 21.5. The molecule has 1 spiro atoms.